The van der Waals surface area contributed by atoms with E-state index in [4.69, 9.17) is 0 Å². The lowest BCUT2D eigenvalue weighted by atomic mass is 10.1. The molecular weight excluding hydrogens is 274 g/mol. The van der Waals surface area contributed by atoms with Crippen LogP contribution in [-0.2, 0) is 4.79 Å². The van der Waals surface area contributed by atoms with Crippen molar-refractivity contribution in [3.8, 4) is 0 Å². The molecule has 2 N–H and O–H groups in total. The van der Waals surface area contributed by atoms with E-state index in [1.54, 1.807) is 0 Å². The average Bonchev–Trinajstić information content (AvgIpc) is 2.52. The van der Waals surface area contributed by atoms with E-state index in [1.165, 1.54) is 5.56 Å². The third-order valence-corrected chi connectivity index (χ3v) is 3.40. The number of rotatable bonds is 5. The number of nitrogens with zero attached hydrogens (tertiary/aromatic N) is 1. The van der Waals surface area contributed by atoms with Gasteiger partial charge in [0.1, 0.15) is 0 Å². The normalized spacial score (nSPS) is 11.1. The number of benzene rings is 2. The first-order chi connectivity index (χ1) is 10.6. The lowest BCUT2D eigenvalue weighted by molar-refractivity contribution is -0.119. The molecule has 0 aliphatic carbocycles. The predicted molar refractivity (Wildman–Crippen MR) is 91.2 cm³/mol. The highest BCUT2D eigenvalue weighted by atomic mass is 16.2. The molecule has 0 aromatic heterocycles. The number of amides is 1. The van der Waals surface area contributed by atoms with E-state index in [1.807, 2.05) is 69.3 Å². The van der Waals surface area contributed by atoms with Gasteiger partial charge in [-0.1, -0.05) is 48.0 Å². The van der Waals surface area contributed by atoms with Crippen molar-refractivity contribution in [3.63, 3.8) is 0 Å². The lowest BCUT2D eigenvalue weighted by Gasteiger charge is -2.08. The van der Waals surface area contributed by atoms with Crippen LogP contribution in [0.2, 0.25) is 0 Å². The van der Waals surface area contributed by atoms with Crippen molar-refractivity contribution in [1.82, 2.24) is 5.43 Å². The molecule has 0 saturated carbocycles. The molecule has 4 heteroatoms. The highest BCUT2D eigenvalue weighted by Gasteiger charge is 2.02. The Morgan fingerprint density at radius 3 is 2.41 bits per heavy atom. The van der Waals surface area contributed by atoms with Gasteiger partial charge in [-0.05, 0) is 38.0 Å². The second-order valence-corrected chi connectivity index (χ2v) is 5.27. The summed E-state index contributed by atoms with van der Waals surface area (Å²) in [5.74, 6) is -0.172. The number of nitrogens with one attached hydrogen (secondary N) is 2. The maximum atomic E-state index is 11.8. The number of hydrogen-bond acceptors (Lipinski definition) is 3. The van der Waals surface area contributed by atoms with E-state index < -0.39 is 0 Å². The van der Waals surface area contributed by atoms with E-state index in [2.05, 4.69) is 15.8 Å². The summed E-state index contributed by atoms with van der Waals surface area (Å²) < 4.78 is 0. The molecule has 22 heavy (non-hydrogen) atoms. The molecule has 4 nitrogen and oxygen atoms in total. The maximum Gasteiger partial charge on any atom is 0.259 e. The molecule has 114 valence electrons. The molecule has 0 aliphatic rings. The van der Waals surface area contributed by atoms with Crippen LogP contribution in [0.25, 0.3) is 0 Å². The van der Waals surface area contributed by atoms with Crippen LogP contribution in [0.15, 0.2) is 53.6 Å². The van der Waals surface area contributed by atoms with E-state index in [0.717, 1.165) is 22.5 Å². The maximum absolute atomic E-state index is 11.8. The number of anilines is 1. The Balaban J connectivity index is 1.88. The van der Waals surface area contributed by atoms with E-state index >= 15 is 0 Å². The van der Waals surface area contributed by atoms with Gasteiger partial charge in [-0.25, -0.2) is 5.43 Å². The van der Waals surface area contributed by atoms with Gasteiger partial charge in [-0.3, -0.25) is 4.79 Å². The Morgan fingerprint density at radius 1 is 1.05 bits per heavy atom. The summed E-state index contributed by atoms with van der Waals surface area (Å²) in [6.45, 7) is 6.10. The Morgan fingerprint density at radius 2 is 1.73 bits per heavy atom. The van der Waals surface area contributed by atoms with Gasteiger partial charge in [0, 0.05) is 5.69 Å². The van der Waals surface area contributed by atoms with Crippen molar-refractivity contribution >= 4 is 17.3 Å². The molecule has 1 amide bonds. The van der Waals surface area contributed by atoms with Crippen molar-refractivity contribution in [2.45, 2.75) is 20.8 Å². The lowest BCUT2D eigenvalue weighted by Crippen LogP contribution is -2.27. The van der Waals surface area contributed by atoms with E-state index in [0.29, 0.717) is 0 Å². The number of hydrazone groups is 1. The van der Waals surface area contributed by atoms with Crippen LogP contribution < -0.4 is 10.7 Å². The molecule has 0 saturated heterocycles. The van der Waals surface area contributed by atoms with Crippen LogP contribution in [0, 0.1) is 13.8 Å². The minimum absolute atomic E-state index is 0.172. The van der Waals surface area contributed by atoms with Gasteiger partial charge in [0.05, 0.1) is 12.3 Å². The van der Waals surface area contributed by atoms with Crippen LogP contribution in [0.1, 0.15) is 23.6 Å². The zero-order valence-electron chi connectivity index (χ0n) is 13.2. The topological polar surface area (TPSA) is 53.5 Å². The monoisotopic (exact) mass is 295 g/mol. The van der Waals surface area contributed by atoms with Gasteiger partial charge in [0.25, 0.3) is 5.91 Å². The SMILES string of the molecule is C/C(=N\NC(=O)CNc1ccccc1C)c1ccc(C)cc1. The standard InChI is InChI=1S/C18H21N3O/c1-13-8-10-16(11-9-13)15(3)20-21-18(22)12-19-17-7-5-4-6-14(17)2/h4-11,19H,12H2,1-3H3,(H,21,22)/b20-15+. The quantitative estimate of drug-likeness (QED) is 0.657. The number of aryl methyl sites for hydroxylation is 2. The molecule has 0 atom stereocenters. The van der Waals surface area contributed by atoms with E-state index in [-0.39, 0.29) is 12.5 Å². The first-order valence-electron chi connectivity index (χ1n) is 7.26. The van der Waals surface area contributed by atoms with E-state index in [9.17, 15) is 4.79 Å². The molecule has 0 aliphatic heterocycles. The summed E-state index contributed by atoms with van der Waals surface area (Å²) in [7, 11) is 0. The molecule has 0 radical (unpaired) electrons. The molecular formula is C18H21N3O. The van der Waals surface area contributed by atoms with Crippen molar-refractivity contribution in [2.24, 2.45) is 5.10 Å². The Bertz CT molecular complexity index is 675. The summed E-state index contributed by atoms with van der Waals surface area (Å²) in [5, 5.41) is 7.24. The van der Waals surface area contributed by atoms with Crippen LogP contribution in [0.3, 0.4) is 0 Å². The molecule has 0 unspecified atom stereocenters. The summed E-state index contributed by atoms with van der Waals surface area (Å²) in [6.07, 6.45) is 0. The molecule has 0 fully saturated rings. The third kappa shape index (κ3) is 4.45. The second-order valence-electron chi connectivity index (χ2n) is 5.27. The van der Waals surface area contributed by atoms with Crippen LogP contribution in [0.5, 0.6) is 0 Å². The number of para-hydroxylation sites is 1. The van der Waals surface area contributed by atoms with Crippen LogP contribution >= 0.6 is 0 Å². The van der Waals surface area contributed by atoms with Crippen LogP contribution in [-0.4, -0.2) is 18.2 Å². The minimum Gasteiger partial charge on any atom is -0.376 e. The molecule has 0 heterocycles. The molecule has 0 spiro atoms. The Labute approximate surface area is 131 Å². The fraction of sp³-hybridized carbons (Fsp3) is 0.222. The molecule has 2 rings (SSSR count). The minimum atomic E-state index is -0.172. The van der Waals surface area contributed by atoms with Crippen LogP contribution in [0.4, 0.5) is 5.69 Å². The van der Waals surface area contributed by atoms with Gasteiger partial charge >= 0.3 is 0 Å². The summed E-state index contributed by atoms with van der Waals surface area (Å²) in [4.78, 5) is 11.8. The van der Waals surface area contributed by atoms with Gasteiger partial charge in [0.2, 0.25) is 0 Å². The summed E-state index contributed by atoms with van der Waals surface area (Å²) in [6, 6.07) is 15.9. The Kier molecular flexibility index (Phi) is 5.31. The molecule has 0 bridgehead atoms. The largest absolute Gasteiger partial charge is 0.376 e. The third-order valence-electron chi connectivity index (χ3n) is 3.40. The second kappa shape index (κ2) is 7.41. The van der Waals surface area contributed by atoms with Crippen molar-refractivity contribution in [3.05, 3.63) is 65.2 Å². The number of carbonyl (C=O) groups is 1. The number of hydrogen-bond donors (Lipinski definition) is 2. The van der Waals surface area contributed by atoms with Gasteiger partial charge in [-0.2, -0.15) is 5.10 Å². The first-order valence-corrected chi connectivity index (χ1v) is 7.26. The van der Waals surface area contributed by atoms with Crippen molar-refractivity contribution < 1.29 is 4.79 Å². The highest BCUT2D eigenvalue weighted by molar-refractivity contribution is 5.99. The fourth-order valence-corrected chi connectivity index (χ4v) is 1.99. The average molecular weight is 295 g/mol. The van der Waals surface area contributed by atoms with Gasteiger partial charge in [0.15, 0.2) is 0 Å². The van der Waals surface area contributed by atoms with Gasteiger partial charge in [-0.15, -0.1) is 0 Å². The first kappa shape index (κ1) is 15.8. The summed E-state index contributed by atoms with van der Waals surface area (Å²) in [5.41, 5.74) is 7.61. The molecule has 2 aromatic carbocycles. The predicted octanol–water partition coefficient (Wildman–Crippen LogP) is 3.26. The molecule has 2 aromatic rings. The zero-order valence-corrected chi connectivity index (χ0v) is 13.2. The fourth-order valence-electron chi connectivity index (χ4n) is 1.99. The van der Waals surface area contributed by atoms with Crippen molar-refractivity contribution in [2.75, 3.05) is 11.9 Å². The van der Waals surface area contributed by atoms with Gasteiger partial charge < -0.3 is 5.32 Å². The smallest absolute Gasteiger partial charge is 0.259 e. The number of carbonyl (C=O) groups excluding carboxylic acids is 1. The summed E-state index contributed by atoms with van der Waals surface area (Å²) >= 11 is 0. The zero-order chi connectivity index (χ0) is 15.9. The van der Waals surface area contributed by atoms with Crippen molar-refractivity contribution in [1.29, 1.82) is 0 Å². The Hall–Kier alpha value is -2.62. The highest BCUT2D eigenvalue weighted by Crippen LogP contribution is 2.12.